The van der Waals surface area contributed by atoms with Gasteiger partial charge in [0.25, 0.3) is 5.91 Å². The molecule has 1 aliphatic heterocycles. The summed E-state index contributed by atoms with van der Waals surface area (Å²) in [7, 11) is -1.68. The highest BCUT2D eigenvalue weighted by molar-refractivity contribution is 7.89. The van der Waals surface area contributed by atoms with Gasteiger partial charge in [-0.15, -0.1) is 0 Å². The van der Waals surface area contributed by atoms with Crippen LogP contribution >= 0.6 is 0 Å². The van der Waals surface area contributed by atoms with Gasteiger partial charge in [0, 0.05) is 54.8 Å². The van der Waals surface area contributed by atoms with Gasteiger partial charge in [-0.25, -0.2) is 8.42 Å². The third kappa shape index (κ3) is 5.73. The van der Waals surface area contributed by atoms with Crippen LogP contribution in [0.3, 0.4) is 0 Å². The average molecular weight is 493 g/mol. The van der Waals surface area contributed by atoms with Crippen LogP contribution in [0.25, 0.3) is 0 Å². The molecule has 0 radical (unpaired) electrons. The first-order valence-electron chi connectivity index (χ1n) is 11.8. The topological polar surface area (TPSA) is 73.0 Å². The van der Waals surface area contributed by atoms with Gasteiger partial charge in [0.2, 0.25) is 10.0 Å². The SMILES string of the molecule is CC(C)N(C(=O)c1cccc(S(=O)(=O)N2CCN(C)CC2)c1)c1ccc(Nc2ccccc2)cc1. The van der Waals surface area contributed by atoms with Crippen LogP contribution in [0, 0.1) is 0 Å². The number of sulfonamides is 1. The standard InChI is InChI=1S/C27H32N4O3S/c1-21(2)31(25-14-12-24(13-15-25)28-23-9-5-4-6-10-23)27(32)22-8-7-11-26(20-22)35(33,34)30-18-16-29(3)17-19-30/h4-15,20-21,28H,16-19H2,1-3H3. The minimum Gasteiger partial charge on any atom is -0.356 e. The molecule has 0 aliphatic carbocycles. The highest BCUT2D eigenvalue weighted by Crippen LogP contribution is 2.26. The van der Waals surface area contributed by atoms with E-state index in [2.05, 4.69) is 10.2 Å². The number of benzene rings is 3. The van der Waals surface area contributed by atoms with Crippen molar-refractivity contribution < 1.29 is 13.2 Å². The van der Waals surface area contributed by atoms with Crippen molar-refractivity contribution in [2.45, 2.75) is 24.8 Å². The van der Waals surface area contributed by atoms with E-state index in [0.29, 0.717) is 31.7 Å². The number of likely N-dealkylation sites (N-methyl/N-ethyl adjacent to an activating group) is 1. The van der Waals surface area contributed by atoms with Gasteiger partial charge >= 0.3 is 0 Å². The number of hydrogen-bond acceptors (Lipinski definition) is 5. The first-order chi connectivity index (χ1) is 16.8. The summed E-state index contributed by atoms with van der Waals surface area (Å²) < 4.78 is 27.9. The number of amides is 1. The summed E-state index contributed by atoms with van der Waals surface area (Å²) in [5.41, 5.74) is 2.99. The zero-order valence-electron chi connectivity index (χ0n) is 20.4. The number of carbonyl (C=O) groups is 1. The normalized spacial score (nSPS) is 15.2. The summed E-state index contributed by atoms with van der Waals surface area (Å²) in [6.45, 7) is 6.15. The van der Waals surface area contributed by atoms with Crippen molar-refractivity contribution in [3.05, 3.63) is 84.4 Å². The molecule has 1 fully saturated rings. The molecule has 8 heteroatoms. The van der Waals surface area contributed by atoms with Gasteiger partial charge in [-0.3, -0.25) is 4.79 Å². The fourth-order valence-electron chi connectivity index (χ4n) is 4.15. The van der Waals surface area contributed by atoms with E-state index in [1.807, 2.05) is 75.5 Å². The highest BCUT2D eigenvalue weighted by atomic mass is 32.2. The maximum Gasteiger partial charge on any atom is 0.258 e. The van der Waals surface area contributed by atoms with Crippen LogP contribution in [0.2, 0.25) is 0 Å². The van der Waals surface area contributed by atoms with Crippen LogP contribution in [0.5, 0.6) is 0 Å². The summed E-state index contributed by atoms with van der Waals surface area (Å²) in [4.78, 5) is 17.5. The number of rotatable bonds is 7. The predicted molar refractivity (Wildman–Crippen MR) is 141 cm³/mol. The highest BCUT2D eigenvalue weighted by Gasteiger charge is 2.29. The third-order valence-corrected chi connectivity index (χ3v) is 8.02. The predicted octanol–water partition coefficient (Wildman–Crippen LogP) is 4.42. The number of nitrogens with one attached hydrogen (secondary N) is 1. The van der Waals surface area contributed by atoms with Crippen molar-refractivity contribution in [2.75, 3.05) is 43.4 Å². The Morgan fingerprint density at radius 3 is 2.11 bits per heavy atom. The van der Waals surface area contributed by atoms with Crippen molar-refractivity contribution in [1.29, 1.82) is 0 Å². The molecule has 1 saturated heterocycles. The van der Waals surface area contributed by atoms with E-state index in [4.69, 9.17) is 0 Å². The molecule has 0 atom stereocenters. The number of para-hydroxylation sites is 1. The molecule has 3 aromatic rings. The second-order valence-corrected chi connectivity index (χ2v) is 11.0. The largest absolute Gasteiger partial charge is 0.356 e. The van der Waals surface area contributed by atoms with Gasteiger partial charge in [0.15, 0.2) is 0 Å². The molecule has 1 aliphatic rings. The average Bonchev–Trinajstić information content (AvgIpc) is 2.86. The van der Waals surface area contributed by atoms with Crippen molar-refractivity contribution in [2.24, 2.45) is 0 Å². The first kappa shape index (κ1) is 24.9. The molecule has 1 heterocycles. The van der Waals surface area contributed by atoms with Crippen molar-refractivity contribution in [3.8, 4) is 0 Å². The molecule has 0 unspecified atom stereocenters. The molecular formula is C27H32N4O3S. The minimum absolute atomic E-state index is 0.117. The zero-order chi connectivity index (χ0) is 25.0. The molecule has 1 amide bonds. The molecule has 184 valence electrons. The lowest BCUT2D eigenvalue weighted by atomic mass is 10.1. The fraction of sp³-hybridized carbons (Fsp3) is 0.296. The van der Waals surface area contributed by atoms with E-state index < -0.39 is 10.0 Å². The lowest BCUT2D eigenvalue weighted by Gasteiger charge is -2.31. The molecule has 4 rings (SSSR count). The molecule has 0 aromatic heterocycles. The quantitative estimate of drug-likeness (QED) is 0.529. The number of hydrogen-bond donors (Lipinski definition) is 1. The molecule has 3 aromatic carbocycles. The van der Waals surface area contributed by atoms with E-state index in [0.717, 1.165) is 17.1 Å². The van der Waals surface area contributed by atoms with Crippen LogP contribution in [0.15, 0.2) is 83.8 Å². The van der Waals surface area contributed by atoms with Gasteiger partial charge < -0.3 is 15.1 Å². The summed E-state index contributed by atoms with van der Waals surface area (Å²) in [5, 5.41) is 3.34. The van der Waals surface area contributed by atoms with Crippen LogP contribution in [-0.4, -0.2) is 62.8 Å². The Morgan fingerprint density at radius 1 is 0.857 bits per heavy atom. The Morgan fingerprint density at radius 2 is 1.49 bits per heavy atom. The van der Waals surface area contributed by atoms with Crippen LogP contribution < -0.4 is 10.2 Å². The molecule has 35 heavy (non-hydrogen) atoms. The van der Waals surface area contributed by atoms with Crippen molar-refractivity contribution >= 4 is 33.0 Å². The number of anilines is 3. The van der Waals surface area contributed by atoms with Gasteiger partial charge in [-0.05, 0) is 75.5 Å². The van der Waals surface area contributed by atoms with Crippen LogP contribution in [0.1, 0.15) is 24.2 Å². The monoisotopic (exact) mass is 492 g/mol. The van der Waals surface area contributed by atoms with E-state index in [1.165, 1.54) is 10.4 Å². The molecule has 1 N–H and O–H groups in total. The number of piperazine rings is 1. The molecular weight excluding hydrogens is 460 g/mol. The number of nitrogens with zero attached hydrogens (tertiary/aromatic N) is 3. The maximum absolute atomic E-state index is 13.6. The minimum atomic E-state index is -3.66. The lowest BCUT2D eigenvalue weighted by Crippen LogP contribution is -2.47. The van der Waals surface area contributed by atoms with Gasteiger partial charge in [0.1, 0.15) is 0 Å². The second-order valence-electron chi connectivity index (χ2n) is 9.04. The van der Waals surface area contributed by atoms with Gasteiger partial charge in [0.05, 0.1) is 4.90 Å². The lowest BCUT2D eigenvalue weighted by molar-refractivity contribution is 0.0980. The van der Waals surface area contributed by atoms with Crippen LogP contribution in [0.4, 0.5) is 17.1 Å². The molecule has 0 spiro atoms. The summed E-state index contributed by atoms with van der Waals surface area (Å²) in [6.07, 6.45) is 0. The number of carbonyl (C=O) groups excluding carboxylic acids is 1. The molecule has 0 saturated carbocycles. The van der Waals surface area contributed by atoms with Gasteiger partial charge in [-0.2, -0.15) is 4.31 Å². The van der Waals surface area contributed by atoms with E-state index in [1.54, 1.807) is 23.1 Å². The van der Waals surface area contributed by atoms with Crippen molar-refractivity contribution in [1.82, 2.24) is 9.21 Å². The fourth-order valence-corrected chi connectivity index (χ4v) is 5.62. The van der Waals surface area contributed by atoms with Crippen molar-refractivity contribution in [3.63, 3.8) is 0 Å². The van der Waals surface area contributed by atoms with Crippen LogP contribution in [-0.2, 0) is 10.0 Å². The second kappa shape index (κ2) is 10.6. The maximum atomic E-state index is 13.6. The molecule has 0 bridgehead atoms. The van der Waals surface area contributed by atoms with E-state index >= 15 is 0 Å². The summed E-state index contributed by atoms with van der Waals surface area (Å²) >= 11 is 0. The Balaban J connectivity index is 1.56. The van der Waals surface area contributed by atoms with E-state index in [9.17, 15) is 13.2 Å². The zero-order valence-corrected chi connectivity index (χ0v) is 21.2. The Kier molecular flexibility index (Phi) is 7.54. The summed E-state index contributed by atoms with van der Waals surface area (Å²) in [5.74, 6) is -0.237. The Hall–Kier alpha value is -3.20. The van der Waals surface area contributed by atoms with Gasteiger partial charge in [-0.1, -0.05) is 24.3 Å². The summed E-state index contributed by atoms with van der Waals surface area (Å²) in [6, 6.07) is 23.8. The van der Waals surface area contributed by atoms with E-state index in [-0.39, 0.29) is 16.8 Å². The molecule has 7 nitrogen and oxygen atoms in total. The Labute approximate surface area is 208 Å². The first-order valence-corrected chi connectivity index (χ1v) is 13.2. The third-order valence-electron chi connectivity index (χ3n) is 6.12. The smallest absolute Gasteiger partial charge is 0.258 e. The Bertz CT molecular complexity index is 1250.